The number of nitrogens with zero attached hydrogens (tertiary/aromatic N) is 3. The number of carbonyl (C=O) groups is 1. The molecule has 0 aromatic carbocycles. The van der Waals surface area contributed by atoms with E-state index in [2.05, 4.69) is 17.1 Å². The molecule has 0 atom stereocenters. The predicted octanol–water partition coefficient (Wildman–Crippen LogP) is 1.26. The fourth-order valence-electron chi connectivity index (χ4n) is 2.71. The zero-order valence-corrected chi connectivity index (χ0v) is 11.9. The summed E-state index contributed by atoms with van der Waals surface area (Å²) in [5.74, 6) is 0.326. The van der Waals surface area contributed by atoms with E-state index in [9.17, 15) is 4.79 Å². The lowest BCUT2D eigenvalue weighted by Gasteiger charge is -2.45. The number of aromatic nitrogens is 1. The summed E-state index contributed by atoms with van der Waals surface area (Å²) < 4.78 is 0. The van der Waals surface area contributed by atoms with Crippen molar-refractivity contribution in [3.63, 3.8) is 0 Å². The molecular formula is C12H18N4O2S. The maximum absolute atomic E-state index is 12.5. The van der Waals surface area contributed by atoms with E-state index >= 15 is 0 Å². The molecule has 7 heteroatoms. The molecule has 3 N–H and O–H groups in total. The Morgan fingerprint density at radius 3 is 2.89 bits per heavy atom. The molecule has 1 amide bonds. The Hall–Kier alpha value is -1.63. The van der Waals surface area contributed by atoms with Gasteiger partial charge < -0.3 is 15.8 Å². The minimum Gasteiger partial charge on any atom is -0.409 e. The highest BCUT2D eigenvalue weighted by molar-refractivity contribution is 7.07. The van der Waals surface area contributed by atoms with Crippen LogP contribution in [0.5, 0.6) is 0 Å². The van der Waals surface area contributed by atoms with Gasteiger partial charge in [-0.3, -0.25) is 4.79 Å². The summed E-state index contributed by atoms with van der Waals surface area (Å²) in [4.78, 5) is 18.3. The largest absolute Gasteiger partial charge is 0.409 e. The van der Waals surface area contributed by atoms with Crippen LogP contribution in [0.3, 0.4) is 0 Å². The first-order valence-electron chi connectivity index (χ1n) is 6.10. The Morgan fingerprint density at radius 1 is 1.74 bits per heavy atom. The van der Waals surface area contributed by atoms with Gasteiger partial charge in [-0.1, -0.05) is 12.1 Å². The quantitative estimate of drug-likeness (QED) is 0.376. The molecule has 19 heavy (non-hydrogen) atoms. The van der Waals surface area contributed by atoms with Crippen LogP contribution >= 0.6 is 11.3 Å². The second kappa shape index (κ2) is 5.16. The normalized spacial score (nSPS) is 26.8. The number of thiazole rings is 1. The number of hydrogen-bond donors (Lipinski definition) is 2. The number of carbonyl (C=O) groups excluding carboxylic acids is 1. The lowest BCUT2D eigenvalue weighted by Crippen LogP contribution is -2.56. The molecule has 0 radical (unpaired) electrons. The minimum atomic E-state index is -0.834. The number of rotatable bonds is 4. The van der Waals surface area contributed by atoms with Crippen LogP contribution in [0.1, 0.15) is 25.5 Å². The van der Waals surface area contributed by atoms with E-state index in [1.807, 2.05) is 5.38 Å². The van der Waals surface area contributed by atoms with Gasteiger partial charge in [-0.15, -0.1) is 11.3 Å². The minimum absolute atomic E-state index is 0.0146. The first-order valence-corrected chi connectivity index (χ1v) is 7.04. The Bertz CT molecular complexity index is 480. The maximum Gasteiger partial charge on any atom is 0.236 e. The zero-order chi connectivity index (χ0) is 14.0. The predicted molar refractivity (Wildman–Crippen MR) is 72.8 cm³/mol. The van der Waals surface area contributed by atoms with Crippen molar-refractivity contribution >= 4 is 23.1 Å². The Morgan fingerprint density at radius 2 is 2.42 bits per heavy atom. The number of oxime groups is 1. The summed E-state index contributed by atoms with van der Waals surface area (Å²) in [5.41, 5.74) is 7.48. The highest BCUT2D eigenvalue weighted by atomic mass is 32.1. The van der Waals surface area contributed by atoms with Gasteiger partial charge in [0.25, 0.3) is 0 Å². The van der Waals surface area contributed by atoms with Crippen molar-refractivity contribution in [3.8, 4) is 0 Å². The van der Waals surface area contributed by atoms with Crippen LogP contribution in [-0.4, -0.2) is 33.9 Å². The van der Waals surface area contributed by atoms with Crippen molar-refractivity contribution in [1.29, 1.82) is 0 Å². The van der Waals surface area contributed by atoms with Gasteiger partial charge in [0.2, 0.25) is 5.91 Å². The van der Waals surface area contributed by atoms with Gasteiger partial charge in [0.05, 0.1) is 17.7 Å². The van der Waals surface area contributed by atoms with Gasteiger partial charge >= 0.3 is 0 Å². The van der Waals surface area contributed by atoms with Crippen LogP contribution in [0.15, 0.2) is 16.0 Å². The number of nitrogens with two attached hydrogens (primary N) is 1. The molecule has 1 aromatic rings. The standard InChI is InChI=1S/C12H18N4O2S/c1-8-3-12(4-8,10(13)15-18)11(17)16(2)5-9-6-19-7-14-9/h6-8,18H,3-5H2,1-2H3,(H2,13,15). The fraction of sp³-hybridized carbons (Fsp3) is 0.583. The zero-order valence-electron chi connectivity index (χ0n) is 11.0. The third-order valence-corrected chi connectivity index (χ3v) is 4.27. The summed E-state index contributed by atoms with van der Waals surface area (Å²) in [6.07, 6.45) is 1.26. The van der Waals surface area contributed by atoms with Gasteiger partial charge in [0, 0.05) is 12.4 Å². The van der Waals surface area contributed by atoms with Crippen LogP contribution < -0.4 is 5.73 Å². The van der Waals surface area contributed by atoms with E-state index < -0.39 is 5.41 Å². The van der Waals surface area contributed by atoms with Crippen LogP contribution in [0, 0.1) is 11.3 Å². The summed E-state index contributed by atoms with van der Waals surface area (Å²) in [6, 6.07) is 0. The third-order valence-electron chi connectivity index (χ3n) is 3.63. The molecule has 1 aliphatic carbocycles. The van der Waals surface area contributed by atoms with Crippen LogP contribution in [0.2, 0.25) is 0 Å². The van der Waals surface area contributed by atoms with Crippen LogP contribution in [0.25, 0.3) is 0 Å². The smallest absolute Gasteiger partial charge is 0.236 e. The molecule has 1 fully saturated rings. The van der Waals surface area contributed by atoms with Gasteiger partial charge in [-0.25, -0.2) is 4.98 Å². The van der Waals surface area contributed by atoms with Crippen LogP contribution in [-0.2, 0) is 11.3 Å². The van der Waals surface area contributed by atoms with E-state index in [-0.39, 0.29) is 11.7 Å². The highest BCUT2D eigenvalue weighted by Gasteiger charge is 2.53. The van der Waals surface area contributed by atoms with Crippen molar-refractivity contribution in [1.82, 2.24) is 9.88 Å². The average Bonchev–Trinajstić information content (AvgIpc) is 2.85. The maximum atomic E-state index is 12.5. The second-order valence-corrected chi connectivity index (χ2v) is 5.94. The molecule has 1 aliphatic rings. The van der Waals surface area contributed by atoms with Crippen molar-refractivity contribution in [2.24, 2.45) is 22.2 Å². The molecule has 0 spiro atoms. The van der Waals surface area contributed by atoms with E-state index in [0.29, 0.717) is 25.3 Å². The average molecular weight is 282 g/mol. The van der Waals surface area contributed by atoms with Crippen molar-refractivity contribution in [2.45, 2.75) is 26.3 Å². The molecule has 1 heterocycles. The Kier molecular flexibility index (Phi) is 3.75. The number of amides is 1. The van der Waals surface area contributed by atoms with Gasteiger partial charge in [0.1, 0.15) is 5.41 Å². The molecule has 104 valence electrons. The lowest BCUT2D eigenvalue weighted by atomic mass is 9.61. The van der Waals surface area contributed by atoms with Crippen molar-refractivity contribution < 1.29 is 10.0 Å². The van der Waals surface area contributed by atoms with Gasteiger partial charge in [-0.05, 0) is 18.8 Å². The number of hydrogen-bond acceptors (Lipinski definition) is 5. The Labute approximate surface area is 115 Å². The van der Waals surface area contributed by atoms with E-state index in [0.717, 1.165) is 5.69 Å². The molecule has 0 bridgehead atoms. The molecule has 0 unspecified atom stereocenters. The Balaban J connectivity index is 2.12. The SMILES string of the molecule is CC1CC(C(=O)N(C)Cc2cscn2)(C(N)=NO)C1. The molecule has 6 nitrogen and oxygen atoms in total. The van der Waals surface area contributed by atoms with E-state index in [4.69, 9.17) is 10.9 Å². The second-order valence-electron chi connectivity index (χ2n) is 5.22. The van der Waals surface area contributed by atoms with Crippen molar-refractivity contribution in [2.75, 3.05) is 7.05 Å². The van der Waals surface area contributed by atoms with E-state index in [1.165, 1.54) is 11.3 Å². The summed E-state index contributed by atoms with van der Waals surface area (Å²) >= 11 is 1.49. The summed E-state index contributed by atoms with van der Waals surface area (Å²) in [5, 5.41) is 13.8. The van der Waals surface area contributed by atoms with E-state index in [1.54, 1.807) is 17.5 Å². The summed E-state index contributed by atoms with van der Waals surface area (Å²) in [7, 11) is 1.72. The molecule has 1 saturated carbocycles. The monoisotopic (exact) mass is 282 g/mol. The first-order chi connectivity index (χ1) is 8.99. The molecular weight excluding hydrogens is 264 g/mol. The third kappa shape index (κ3) is 2.42. The lowest BCUT2D eigenvalue weighted by molar-refractivity contribution is -0.143. The molecule has 2 rings (SSSR count). The number of amidine groups is 1. The summed E-state index contributed by atoms with van der Waals surface area (Å²) in [6.45, 7) is 2.49. The molecule has 0 saturated heterocycles. The topological polar surface area (TPSA) is 91.8 Å². The molecule has 1 aromatic heterocycles. The van der Waals surface area contributed by atoms with Crippen molar-refractivity contribution in [3.05, 3.63) is 16.6 Å². The molecule has 0 aliphatic heterocycles. The fourth-order valence-corrected chi connectivity index (χ4v) is 3.26. The van der Waals surface area contributed by atoms with Gasteiger partial charge in [-0.2, -0.15) is 0 Å². The highest BCUT2D eigenvalue weighted by Crippen LogP contribution is 2.47. The van der Waals surface area contributed by atoms with Crippen LogP contribution in [0.4, 0.5) is 0 Å². The first kappa shape index (κ1) is 13.8. The van der Waals surface area contributed by atoms with Gasteiger partial charge in [0.15, 0.2) is 5.84 Å².